The standard InChI is InChI=1S/C14H17F2NO2/c1-14(2)12(18)4-3-7-17(14)13(19)10-6-5-9(15)8-11(10)16/h5-6,8,12,18H,3-4,7H2,1-2H3. The van der Waals surface area contributed by atoms with Crippen molar-refractivity contribution in [1.82, 2.24) is 4.90 Å². The van der Waals surface area contributed by atoms with Crippen molar-refractivity contribution in [2.45, 2.75) is 38.3 Å². The number of carbonyl (C=O) groups excluding carboxylic acids is 1. The topological polar surface area (TPSA) is 40.5 Å². The van der Waals surface area contributed by atoms with Gasteiger partial charge in [-0.2, -0.15) is 0 Å². The highest BCUT2D eigenvalue weighted by Gasteiger charge is 2.40. The number of amides is 1. The van der Waals surface area contributed by atoms with Crippen LogP contribution in [-0.4, -0.2) is 34.1 Å². The summed E-state index contributed by atoms with van der Waals surface area (Å²) in [4.78, 5) is 13.8. The third-order valence-electron chi connectivity index (χ3n) is 3.78. The van der Waals surface area contributed by atoms with E-state index >= 15 is 0 Å². The number of carbonyl (C=O) groups is 1. The zero-order valence-electron chi connectivity index (χ0n) is 11.0. The summed E-state index contributed by atoms with van der Waals surface area (Å²) < 4.78 is 26.5. The minimum atomic E-state index is -0.874. The van der Waals surface area contributed by atoms with E-state index in [-0.39, 0.29) is 5.56 Å². The van der Waals surface area contributed by atoms with E-state index < -0.39 is 29.2 Å². The van der Waals surface area contributed by atoms with Gasteiger partial charge in [0, 0.05) is 12.6 Å². The highest BCUT2D eigenvalue weighted by molar-refractivity contribution is 5.95. The lowest BCUT2D eigenvalue weighted by Gasteiger charge is -2.45. The summed E-state index contributed by atoms with van der Waals surface area (Å²) in [6.45, 7) is 3.95. The van der Waals surface area contributed by atoms with Gasteiger partial charge < -0.3 is 10.0 Å². The molecule has 1 amide bonds. The van der Waals surface area contributed by atoms with Crippen LogP contribution < -0.4 is 0 Å². The number of likely N-dealkylation sites (tertiary alicyclic amines) is 1. The minimum absolute atomic E-state index is 0.163. The van der Waals surface area contributed by atoms with E-state index in [1.165, 1.54) is 4.90 Å². The molecule has 0 radical (unpaired) electrons. The maximum Gasteiger partial charge on any atom is 0.257 e. The highest BCUT2D eigenvalue weighted by Crippen LogP contribution is 2.29. The molecule has 1 heterocycles. The van der Waals surface area contributed by atoms with Crippen LogP contribution in [0.25, 0.3) is 0 Å². The SMILES string of the molecule is CC1(C)C(O)CCCN1C(=O)c1ccc(F)cc1F. The molecule has 1 aliphatic heterocycles. The molecular weight excluding hydrogens is 252 g/mol. The van der Waals surface area contributed by atoms with Gasteiger partial charge in [-0.15, -0.1) is 0 Å². The zero-order chi connectivity index (χ0) is 14.2. The van der Waals surface area contributed by atoms with Crippen LogP contribution in [0.4, 0.5) is 8.78 Å². The van der Waals surface area contributed by atoms with Gasteiger partial charge >= 0.3 is 0 Å². The van der Waals surface area contributed by atoms with Gasteiger partial charge in [0.1, 0.15) is 11.6 Å². The zero-order valence-corrected chi connectivity index (χ0v) is 11.0. The van der Waals surface area contributed by atoms with Crippen LogP contribution in [-0.2, 0) is 0 Å². The van der Waals surface area contributed by atoms with E-state index in [1.54, 1.807) is 13.8 Å². The summed E-state index contributed by atoms with van der Waals surface area (Å²) in [6, 6.07) is 2.90. The molecule has 2 rings (SSSR count). The van der Waals surface area contributed by atoms with Gasteiger partial charge in [0.2, 0.25) is 0 Å². The lowest BCUT2D eigenvalue weighted by molar-refractivity contribution is -0.0309. The second-order valence-corrected chi connectivity index (χ2v) is 5.39. The number of rotatable bonds is 1. The molecule has 0 spiro atoms. The van der Waals surface area contributed by atoms with E-state index in [1.807, 2.05) is 0 Å². The van der Waals surface area contributed by atoms with Crippen molar-refractivity contribution in [3.05, 3.63) is 35.4 Å². The molecule has 5 heteroatoms. The summed E-state index contributed by atoms with van der Waals surface area (Å²) in [5.41, 5.74) is -0.917. The maximum absolute atomic E-state index is 13.7. The first-order chi connectivity index (χ1) is 8.84. The van der Waals surface area contributed by atoms with E-state index in [4.69, 9.17) is 0 Å². The number of hydrogen-bond donors (Lipinski definition) is 1. The van der Waals surface area contributed by atoms with Crippen LogP contribution in [0, 0.1) is 11.6 Å². The Morgan fingerprint density at radius 1 is 1.42 bits per heavy atom. The Balaban J connectivity index is 2.33. The fourth-order valence-electron chi connectivity index (χ4n) is 2.44. The molecule has 1 saturated heterocycles. The highest BCUT2D eigenvalue weighted by atomic mass is 19.1. The van der Waals surface area contributed by atoms with Crippen LogP contribution in [0.1, 0.15) is 37.0 Å². The van der Waals surface area contributed by atoms with Crippen LogP contribution in [0.3, 0.4) is 0 Å². The van der Waals surface area contributed by atoms with E-state index in [9.17, 15) is 18.7 Å². The van der Waals surface area contributed by atoms with Crippen LogP contribution in [0.5, 0.6) is 0 Å². The van der Waals surface area contributed by atoms with Crippen molar-refractivity contribution >= 4 is 5.91 Å². The second kappa shape index (κ2) is 4.89. The molecule has 1 aromatic rings. The van der Waals surface area contributed by atoms with Crippen LogP contribution >= 0.6 is 0 Å². The Labute approximate surface area is 110 Å². The Kier molecular flexibility index (Phi) is 3.58. The average Bonchev–Trinajstić information content (AvgIpc) is 2.32. The minimum Gasteiger partial charge on any atom is -0.391 e. The molecule has 19 heavy (non-hydrogen) atoms. The number of aliphatic hydroxyl groups is 1. The van der Waals surface area contributed by atoms with Gasteiger partial charge in [-0.25, -0.2) is 8.78 Å². The molecule has 1 fully saturated rings. The average molecular weight is 269 g/mol. The second-order valence-electron chi connectivity index (χ2n) is 5.39. The van der Waals surface area contributed by atoms with Crippen molar-refractivity contribution in [1.29, 1.82) is 0 Å². The van der Waals surface area contributed by atoms with E-state index in [2.05, 4.69) is 0 Å². The third kappa shape index (κ3) is 2.47. The van der Waals surface area contributed by atoms with Crippen LogP contribution in [0.2, 0.25) is 0 Å². The molecular formula is C14H17F2NO2. The van der Waals surface area contributed by atoms with E-state index in [0.717, 1.165) is 12.1 Å². The summed E-state index contributed by atoms with van der Waals surface area (Å²) in [5.74, 6) is -2.10. The quantitative estimate of drug-likeness (QED) is 0.850. The molecule has 0 aliphatic carbocycles. The molecule has 1 unspecified atom stereocenters. The number of aliphatic hydroxyl groups excluding tert-OH is 1. The summed E-state index contributed by atoms with van der Waals surface area (Å²) in [5, 5.41) is 9.97. The first kappa shape index (κ1) is 13.9. The molecule has 0 aromatic heterocycles. The van der Waals surface area contributed by atoms with Gasteiger partial charge in [-0.3, -0.25) is 4.79 Å². The van der Waals surface area contributed by atoms with Crippen LogP contribution in [0.15, 0.2) is 18.2 Å². The molecule has 1 N–H and O–H groups in total. The monoisotopic (exact) mass is 269 g/mol. The summed E-state index contributed by atoms with van der Waals surface area (Å²) >= 11 is 0. The van der Waals surface area contributed by atoms with Crippen molar-refractivity contribution in [3.63, 3.8) is 0 Å². The molecule has 1 atom stereocenters. The van der Waals surface area contributed by atoms with Gasteiger partial charge in [0.05, 0.1) is 17.2 Å². The van der Waals surface area contributed by atoms with Gasteiger partial charge in [0.15, 0.2) is 0 Å². The van der Waals surface area contributed by atoms with Gasteiger partial charge in [-0.05, 0) is 38.8 Å². The number of piperidine rings is 1. The fourth-order valence-corrected chi connectivity index (χ4v) is 2.44. The molecule has 1 aromatic carbocycles. The number of hydrogen-bond acceptors (Lipinski definition) is 2. The Morgan fingerprint density at radius 2 is 2.11 bits per heavy atom. The van der Waals surface area contributed by atoms with Crippen molar-refractivity contribution in [2.75, 3.05) is 6.54 Å². The predicted molar refractivity (Wildman–Crippen MR) is 66.7 cm³/mol. The number of halogens is 2. The van der Waals surface area contributed by atoms with Gasteiger partial charge in [-0.1, -0.05) is 0 Å². The summed E-state index contributed by atoms with van der Waals surface area (Å²) in [7, 11) is 0. The Hall–Kier alpha value is -1.49. The normalized spacial score (nSPS) is 22.4. The first-order valence-electron chi connectivity index (χ1n) is 6.29. The molecule has 1 aliphatic rings. The first-order valence-corrected chi connectivity index (χ1v) is 6.29. The fraction of sp³-hybridized carbons (Fsp3) is 0.500. The maximum atomic E-state index is 13.7. The number of nitrogens with zero attached hydrogens (tertiary/aromatic N) is 1. The molecule has 3 nitrogen and oxygen atoms in total. The van der Waals surface area contributed by atoms with Gasteiger partial charge in [0.25, 0.3) is 5.91 Å². The third-order valence-corrected chi connectivity index (χ3v) is 3.78. The lowest BCUT2D eigenvalue weighted by Crippen LogP contribution is -2.58. The smallest absolute Gasteiger partial charge is 0.257 e. The largest absolute Gasteiger partial charge is 0.391 e. The summed E-state index contributed by atoms with van der Waals surface area (Å²) in [6.07, 6.45) is 0.635. The molecule has 104 valence electrons. The van der Waals surface area contributed by atoms with Crippen molar-refractivity contribution in [3.8, 4) is 0 Å². The number of benzene rings is 1. The Morgan fingerprint density at radius 3 is 2.74 bits per heavy atom. The lowest BCUT2D eigenvalue weighted by atomic mass is 9.86. The van der Waals surface area contributed by atoms with Crippen molar-refractivity contribution in [2.24, 2.45) is 0 Å². The Bertz CT molecular complexity index is 502. The molecule has 0 bridgehead atoms. The molecule has 0 saturated carbocycles. The van der Waals surface area contributed by atoms with Crippen molar-refractivity contribution < 1.29 is 18.7 Å². The van der Waals surface area contributed by atoms with E-state index in [0.29, 0.717) is 25.5 Å². The predicted octanol–water partition coefficient (Wildman–Crippen LogP) is 2.34.